The van der Waals surface area contributed by atoms with Crippen molar-refractivity contribution in [2.45, 2.75) is 58.3 Å². The lowest BCUT2D eigenvalue weighted by atomic mass is 9.57. The Bertz CT molecular complexity index is 3320. The summed E-state index contributed by atoms with van der Waals surface area (Å²) in [4.78, 5) is 6.32. The number of furan rings is 2. The van der Waals surface area contributed by atoms with Crippen molar-refractivity contribution in [1.29, 1.82) is 0 Å². The average Bonchev–Trinajstić information content (AvgIpc) is 3.87. The van der Waals surface area contributed by atoms with Crippen LogP contribution in [0.15, 0.2) is 130 Å². The summed E-state index contributed by atoms with van der Waals surface area (Å²) in [6, 6.07) is 44.3. The number of hydrogen-bond acceptors (Lipinski definition) is 3. The fourth-order valence-electron chi connectivity index (χ4n) is 10.2. The summed E-state index contributed by atoms with van der Waals surface area (Å²) in [5.74, 6) is 0. The summed E-state index contributed by atoms with van der Waals surface area (Å²) in [6.45, 7) is 12.0. The summed E-state index contributed by atoms with van der Waals surface area (Å²) < 4.78 is 13.0. The van der Waals surface area contributed by atoms with Crippen molar-refractivity contribution in [3.05, 3.63) is 138 Å². The van der Waals surface area contributed by atoms with Crippen LogP contribution in [-0.4, -0.2) is 12.3 Å². The minimum atomic E-state index is 0.0600. The number of benzene rings is 7. The Balaban J connectivity index is 1.20. The van der Waals surface area contributed by atoms with Gasteiger partial charge in [0.25, 0.3) is 0 Å². The van der Waals surface area contributed by atoms with E-state index in [2.05, 4.69) is 161 Å². The second kappa shape index (κ2) is 11.0. The molecular weight excluding hydrogens is 683 g/mol. The first-order valence-electron chi connectivity index (χ1n) is 19.9. The van der Waals surface area contributed by atoms with Gasteiger partial charge in [0.05, 0.1) is 10.9 Å². The van der Waals surface area contributed by atoms with E-state index < -0.39 is 0 Å². The van der Waals surface area contributed by atoms with Crippen LogP contribution < -0.4 is 15.8 Å². The van der Waals surface area contributed by atoms with Crippen LogP contribution in [0.4, 0.5) is 17.1 Å². The van der Waals surface area contributed by atoms with E-state index in [-0.39, 0.29) is 10.8 Å². The fourth-order valence-corrected chi connectivity index (χ4v) is 10.2. The molecule has 1 aliphatic heterocycles. The zero-order valence-electron chi connectivity index (χ0n) is 32.3. The molecular formula is C51H40BN2O2. The van der Waals surface area contributed by atoms with Crippen LogP contribution >= 0.6 is 0 Å². The molecule has 0 spiro atoms. The number of fused-ring (bicyclic) bond motifs is 12. The van der Waals surface area contributed by atoms with E-state index in [0.29, 0.717) is 0 Å². The number of aryl methyl sites for hydroxylation is 1. The summed E-state index contributed by atoms with van der Waals surface area (Å²) in [7, 11) is 2.40. The Morgan fingerprint density at radius 3 is 2.07 bits per heavy atom. The monoisotopic (exact) mass is 723 g/mol. The lowest BCUT2D eigenvalue weighted by Crippen LogP contribution is -2.41. The maximum atomic E-state index is 6.54. The molecule has 0 atom stereocenters. The quantitative estimate of drug-likeness (QED) is 0.181. The fraction of sp³-hybridized carbons (Fsp3) is 0.176. The smallest absolute Gasteiger partial charge is 0.206 e. The standard InChI is InChI=1S/C51H40BN2O2/c1-28-23-36-37(51(4,5)22-21-50(36,2)3)26-39(28)54-40-25-35-31-15-8-10-19-42(31)55-44(35)27-38(40)52-47-41(54)24-29-13-6-7-14-30(29)45(47)33-17-12-18-34-46-32-16-9-11-20-43(32)56-49(46)53-48(33)34/h6-20,23-27,53H,21-22H2,1-5H3. The molecule has 4 heterocycles. The molecule has 7 aromatic carbocycles. The maximum Gasteiger partial charge on any atom is 0.206 e. The van der Waals surface area contributed by atoms with E-state index in [1.165, 1.54) is 56.3 Å². The molecule has 0 bridgehead atoms. The maximum absolute atomic E-state index is 6.54. The number of H-pyrrole nitrogens is 1. The molecule has 1 radical (unpaired) electrons. The third-order valence-corrected chi connectivity index (χ3v) is 13.2. The van der Waals surface area contributed by atoms with E-state index in [4.69, 9.17) is 8.83 Å². The van der Waals surface area contributed by atoms with E-state index in [1.54, 1.807) is 0 Å². The van der Waals surface area contributed by atoms with Crippen LogP contribution in [-0.2, 0) is 10.8 Å². The van der Waals surface area contributed by atoms with Crippen molar-refractivity contribution in [2.75, 3.05) is 4.90 Å². The lowest BCUT2D eigenvalue weighted by molar-refractivity contribution is 0.332. The first-order valence-corrected chi connectivity index (χ1v) is 19.9. The Morgan fingerprint density at radius 2 is 1.27 bits per heavy atom. The molecule has 0 unspecified atom stereocenters. The first-order chi connectivity index (χ1) is 27.1. The summed E-state index contributed by atoms with van der Waals surface area (Å²) in [5, 5.41) is 8.10. The van der Waals surface area contributed by atoms with Crippen molar-refractivity contribution in [1.82, 2.24) is 4.98 Å². The molecule has 3 aromatic heterocycles. The lowest BCUT2D eigenvalue weighted by Gasteiger charge is -2.44. The van der Waals surface area contributed by atoms with Crippen molar-refractivity contribution >= 4 is 101 Å². The highest BCUT2D eigenvalue weighted by atomic mass is 16.3. The number of para-hydroxylation sites is 3. The third-order valence-electron chi connectivity index (χ3n) is 13.2. The van der Waals surface area contributed by atoms with Gasteiger partial charge in [0, 0.05) is 44.2 Å². The summed E-state index contributed by atoms with van der Waals surface area (Å²) in [6.07, 6.45) is 2.34. The number of hydrogen-bond donors (Lipinski definition) is 1. The van der Waals surface area contributed by atoms with Crippen molar-refractivity contribution < 1.29 is 8.83 Å². The van der Waals surface area contributed by atoms with E-state index in [1.807, 2.05) is 12.1 Å². The molecule has 1 N–H and O–H groups in total. The molecule has 2 aliphatic rings. The van der Waals surface area contributed by atoms with Gasteiger partial charge in [-0.2, -0.15) is 0 Å². The van der Waals surface area contributed by atoms with Gasteiger partial charge in [0.15, 0.2) is 7.28 Å². The highest BCUT2D eigenvalue weighted by Gasteiger charge is 2.39. The van der Waals surface area contributed by atoms with Gasteiger partial charge in [0.1, 0.15) is 16.7 Å². The van der Waals surface area contributed by atoms with Crippen LogP contribution in [0.3, 0.4) is 0 Å². The summed E-state index contributed by atoms with van der Waals surface area (Å²) in [5.41, 5.74) is 17.2. The Hall–Kier alpha value is -6.20. The van der Waals surface area contributed by atoms with Gasteiger partial charge in [-0.1, -0.05) is 118 Å². The Labute approximate surface area is 326 Å². The molecule has 5 heteroatoms. The molecule has 0 saturated carbocycles. The molecule has 10 aromatic rings. The minimum Gasteiger partial charge on any atom is -0.456 e. The van der Waals surface area contributed by atoms with Crippen LogP contribution in [0.2, 0.25) is 0 Å². The zero-order valence-corrected chi connectivity index (χ0v) is 32.3. The molecule has 269 valence electrons. The van der Waals surface area contributed by atoms with Gasteiger partial charge in [-0.05, 0) is 105 Å². The van der Waals surface area contributed by atoms with Gasteiger partial charge in [0.2, 0.25) is 5.71 Å². The normalized spacial score (nSPS) is 15.8. The molecule has 56 heavy (non-hydrogen) atoms. The predicted octanol–water partition coefficient (Wildman–Crippen LogP) is 12.9. The molecule has 0 saturated heterocycles. The largest absolute Gasteiger partial charge is 0.456 e. The van der Waals surface area contributed by atoms with Crippen LogP contribution in [0.1, 0.15) is 57.2 Å². The highest BCUT2D eigenvalue weighted by molar-refractivity contribution is 6.74. The SMILES string of the molecule is Cc1cc2c(cc1N1c3cc4c(cc3[B]c3c1cc1ccccc1c3-c1cccc3c1[nH]c1oc5ccccc5c13)oc1ccccc14)C(C)(C)CCC2(C)C. The first kappa shape index (κ1) is 32.1. The Morgan fingerprint density at radius 1 is 0.589 bits per heavy atom. The number of anilines is 3. The van der Waals surface area contributed by atoms with E-state index in [0.717, 1.165) is 78.0 Å². The zero-order chi connectivity index (χ0) is 37.7. The molecule has 1 aliphatic carbocycles. The van der Waals surface area contributed by atoms with Gasteiger partial charge >= 0.3 is 0 Å². The van der Waals surface area contributed by atoms with Gasteiger partial charge in [-0.25, -0.2) is 0 Å². The van der Waals surface area contributed by atoms with Crippen molar-refractivity contribution in [3.8, 4) is 11.1 Å². The van der Waals surface area contributed by atoms with E-state index >= 15 is 0 Å². The molecule has 0 fully saturated rings. The predicted molar refractivity (Wildman–Crippen MR) is 236 cm³/mol. The van der Waals surface area contributed by atoms with E-state index in [9.17, 15) is 0 Å². The molecule has 12 rings (SSSR count). The van der Waals surface area contributed by atoms with Crippen LogP contribution in [0.5, 0.6) is 0 Å². The Kier molecular flexibility index (Phi) is 6.29. The molecule has 0 amide bonds. The third kappa shape index (κ3) is 4.31. The number of aromatic amines is 1. The average molecular weight is 724 g/mol. The van der Waals surface area contributed by atoms with Gasteiger partial charge in [-0.15, -0.1) is 0 Å². The van der Waals surface area contributed by atoms with Gasteiger partial charge in [-0.3, -0.25) is 0 Å². The minimum absolute atomic E-state index is 0.0600. The highest BCUT2D eigenvalue weighted by Crippen LogP contribution is 2.51. The van der Waals surface area contributed by atoms with Crippen molar-refractivity contribution in [3.63, 3.8) is 0 Å². The van der Waals surface area contributed by atoms with Gasteiger partial charge < -0.3 is 18.7 Å². The molecule has 4 nitrogen and oxygen atoms in total. The second-order valence-corrected chi connectivity index (χ2v) is 17.5. The van der Waals surface area contributed by atoms with Crippen LogP contribution in [0, 0.1) is 6.92 Å². The number of nitrogens with one attached hydrogen (secondary N) is 1. The number of aromatic nitrogens is 1. The van der Waals surface area contributed by atoms with Crippen LogP contribution in [0.25, 0.3) is 76.8 Å². The second-order valence-electron chi connectivity index (χ2n) is 17.5. The number of rotatable bonds is 2. The summed E-state index contributed by atoms with van der Waals surface area (Å²) >= 11 is 0. The van der Waals surface area contributed by atoms with Crippen molar-refractivity contribution in [2.24, 2.45) is 0 Å². The number of nitrogens with zero attached hydrogens (tertiary/aromatic N) is 1. The topological polar surface area (TPSA) is 45.3 Å².